The first-order valence-corrected chi connectivity index (χ1v) is 7.20. The maximum Gasteiger partial charge on any atom is 0.323 e. The Labute approximate surface area is 119 Å². The summed E-state index contributed by atoms with van der Waals surface area (Å²) in [5.74, 6) is -0.451. The van der Waals surface area contributed by atoms with Crippen LogP contribution in [0, 0.1) is 5.92 Å². The van der Waals surface area contributed by atoms with Crippen molar-refractivity contribution in [2.45, 2.75) is 38.6 Å². The number of carboxylic acid groups (broad SMARTS) is 1. The third kappa shape index (κ3) is 3.62. The van der Waals surface area contributed by atoms with Crippen LogP contribution in [0.2, 0.25) is 0 Å². The molecule has 0 atom stereocenters. The summed E-state index contributed by atoms with van der Waals surface area (Å²) in [6.45, 7) is 0.586. The monoisotopic (exact) mass is 278 g/mol. The van der Waals surface area contributed by atoms with E-state index >= 15 is 0 Å². The summed E-state index contributed by atoms with van der Waals surface area (Å²) >= 11 is 0. The number of carboxylic acids is 1. The maximum atomic E-state index is 12.4. The van der Waals surface area contributed by atoms with Crippen molar-refractivity contribution < 1.29 is 14.7 Å². The second kappa shape index (κ2) is 6.59. The fourth-order valence-electron chi connectivity index (χ4n) is 2.93. The van der Waals surface area contributed by atoms with Crippen LogP contribution in [0.1, 0.15) is 42.6 Å². The molecule has 1 amide bonds. The number of hydrogen-bond donors (Lipinski definition) is 1. The summed E-state index contributed by atoms with van der Waals surface area (Å²) in [7, 11) is 1.80. The summed E-state index contributed by atoms with van der Waals surface area (Å²) in [6.07, 6.45) is 7.82. The van der Waals surface area contributed by atoms with Crippen LogP contribution < -0.4 is 0 Å². The number of hydrogen-bond acceptors (Lipinski definition) is 2. The molecule has 1 N–H and O–H groups in total. The van der Waals surface area contributed by atoms with Crippen molar-refractivity contribution in [2.24, 2.45) is 5.92 Å². The molecule has 0 spiro atoms. The highest BCUT2D eigenvalue weighted by atomic mass is 16.4. The zero-order valence-corrected chi connectivity index (χ0v) is 11.9. The van der Waals surface area contributed by atoms with Crippen molar-refractivity contribution in [3.63, 3.8) is 0 Å². The molecule has 0 unspecified atom stereocenters. The predicted molar refractivity (Wildman–Crippen MR) is 75.6 cm³/mol. The maximum absolute atomic E-state index is 12.4. The lowest BCUT2D eigenvalue weighted by Crippen LogP contribution is -2.34. The molecular formula is C15H22N2O3. The lowest BCUT2D eigenvalue weighted by atomic mass is 9.89. The Bertz CT molecular complexity index is 475. The molecule has 0 radical (unpaired) electrons. The Hall–Kier alpha value is -1.78. The molecule has 2 rings (SSSR count). The molecule has 1 aromatic rings. The van der Waals surface area contributed by atoms with E-state index in [-0.39, 0.29) is 12.5 Å². The minimum atomic E-state index is -0.940. The van der Waals surface area contributed by atoms with Gasteiger partial charge in [-0.3, -0.25) is 9.59 Å². The molecule has 5 nitrogen and oxygen atoms in total. The highest BCUT2D eigenvalue weighted by molar-refractivity contribution is 5.93. The van der Waals surface area contributed by atoms with E-state index in [9.17, 15) is 9.59 Å². The van der Waals surface area contributed by atoms with E-state index in [1.165, 1.54) is 36.7 Å². The van der Waals surface area contributed by atoms with Gasteiger partial charge in [-0.1, -0.05) is 19.3 Å². The molecule has 0 saturated heterocycles. The lowest BCUT2D eigenvalue weighted by Gasteiger charge is -2.27. The first-order chi connectivity index (χ1) is 9.58. The molecule has 0 bridgehead atoms. The highest BCUT2D eigenvalue weighted by Gasteiger charge is 2.21. The molecule has 5 heteroatoms. The Morgan fingerprint density at radius 3 is 2.70 bits per heavy atom. The number of carbonyl (C=O) groups excluding carboxylic acids is 1. The third-order valence-corrected chi connectivity index (χ3v) is 3.96. The lowest BCUT2D eigenvalue weighted by molar-refractivity contribution is -0.137. The molecule has 0 aliphatic heterocycles. The third-order valence-electron chi connectivity index (χ3n) is 3.96. The van der Waals surface area contributed by atoms with E-state index in [0.717, 1.165) is 6.54 Å². The van der Waals surface area contributed by atoms with Crippen molar-refractivity contribution in [1.29, 1.82) is 0 Å². The fourth-order valence-corrected chi connectivity index (χ4v) is 2.93. The Kier molecular flexibility index (Phi) is 4.82. The Balaban J connectivity index is 1.99. The zero-order chi connectivity index (χ0) is 14.5. The van der Waals surface area contributed by atoms with Crippen LogP contribution in [-0.2, 0) is 11.3 Å². The molecule has 1 fully saturated rings. The molecule has 20 heavy (non-hydrogen) atoms. The van der Waals surface area contributed by atoms with Crippen LogP contribution in [0.25, 0.3) is 0 Å². The molecule has 110 valence electrons. The van der Waals surface area contributed by atoms with Gasteiger partial charge >= 0.3 is 5.97 Å². The normalized spacial score (nSPS) is 16.1. The molecule has 1 aliphatic rings. The minimum Gasteiger partial charge on any atom is -0.480 e. The first kappa shape index (κ1) is 14.6. The van der Waals surface area contributed by atoms with Crippen LogP contribution in [0.5, 0.6) is 0 Å². The van der Waals surface area contributed by atoms with Crippen molar-refractivity contribution in [3.05, 3.63) is 24.0 Å². The number of aromatic nitrogens is 1. The molecule has 1 aromatic heterocycles. The average Bonchev–Trinajstić information content (AvgIpc) is 2.86. The number of aliphatic carboxylic acids is 1. The first-order valence-electron chi connectivity index (χ1n) is 7.20. The van der Waals surface area contributed by atoms with Gasteiger partial charge in [0, 0.05) is 19.8 Å². The van der Waals surface area contributed by atoms with Gasteiger partial charge in [-0.25, -0.2) is 0 Å². The number of rotatable bonds is 5. The zero-order valence-electron chi connectivity index (χ0n) is 11.9. The standard InChI is InChI=1S/C15H22N2O3/c1-16(10-12-6-3-2-4-7-12)15(20)13-8-5-9-17(13)11-14(18)19/h5,8-9,12H,2-4,6-7,10-11H2,1H3,(H,18,19). The van der Waals surface area contributed by atoms with E-state index in [2.05, 4.69) is 0 Å². The molecule has 1 aliphatic carbocycles. The van der Waals surface area contributed by atoms with Crippen LogP contribution in [0.4, 0.5) is 0 Å². The summed E-state index contributed by atoms with van der Waals surface area (Å²) in [4.78, 5) is 24.9. The van der Waals surface area contributed by atoms with Gasteiger partial charge in [0.15, 0.2) is 0 Å². The van der Waals surface area contributed by atoms with Crippen molar-refractivity contribution in [1.82, 2.24) is 9.47 Å². The highest BCUT2D eigenvalue weighted by Crippen LogP contribution is 2.24. The second-order valence-corrected chi connectivity index (χ2v) is 5.60. The Morgan fingerprint density at radius 2 is 2.05 bits per heavy atom. The van der Waals surface area contributed by atoms with Crippen LogP contribution in [-0.4, -0.2) is 40.0 Å². The molecule has 1 saturated carbocycles. The summed E-state index contributed by atoms with van der Waals surface area (Å²) in [5, 5.41) is 8.85. The van der Waals surface area contributed by atoms with E-state index in [1.807, 2.05) is 0 Å². The minimum absolute atomic E-state index is 0.0955. The van der Waals surface area contributed by atoms with Gasteiger partial charge in [-0.15, -0.1) is 0 Å². The predicted octanol–water partition coefficient (Wildman–Crippen LogP) is 2.22. The summed E-state index contributed by atoms with van der Waals surface area (Å²) < 4.78 is 1.49. The largest absolute Gasteiger partial charge is 0.480 e. The topological polar surface area (TPSA) is 62.5 Å². The number of nitrogens with zero attached hydrogens (tertiary/aromatic N) is 2. The fraction of sp³-hybridized carbons (Fsp3) is 0.600. The van der Waals surface area contributed by atoms with Crippen molar-refractivity contribution in [3.8, 4) is 0 Å². The van der Waals surface area contributed by atoms with E-state index in [4.69, 9.17) is 5.11 Å². The van der Waals surface area contributed by atoms with Gasteiger partial charge in [0.05, 0.1) is 0 Å². The van der Waals surface area contributed by atoms with Gasteiger partial charge < -0.3 is 14.6 Å². The van der Waals surface area contributed by atoms with Gasteiger partial charge in [0.2, 0.25) is 0 Å². The van der Waals surface area contributed by atoms with E-state index < -0.39 is 5.97 Å². The molecule has 1 heterocycles. The summed E-state index contributed by atoms with van der Waals surface area (Å²) in [5.41, 5.74) is 0.450. The Morgan fingerprint density at radius 1 is 1.35 bits per heavy atom. The van der Waals surface area contributed by atoms with Gasteiger partial charge in [0.1, 0.15) is 12.2 Å². The van der Waals surface area contributed by atoms with Crippen molar-refractivity contribution >= 4 is 11.9 Å². The van der Waals surface area contributed by atoms with Crippen LogP contribution >= 0.6 is 0 Å². The van der Waals surface area contributed by atoms with E-state index in [1.54, 1.807) is 30.3 Å². The summed E-state index contributed by atoms with van der Waals surface area (Å²) in [6, 6.07) is 3.40. The smallest absolute Gasteiger partial charge is 0.323 e. The SMILES string of the molecule is CN(CC1CCCCC1)C(=O)c1cccn1CC(=O)O. The van der Waals surface area contributed by atoms with Crippen molar-refractivity contribution in [2.75, 3.05) is 13.6 Å². The quantitative estimate of drug-likeness (QED) is 0.898. The van der Waals surface area contributed by atoms with E-state index in [0.29, 0.717) is 11.6 Å². The second-order valence-electron chi connectivity index (χ2n) is 5.60. The van der Waals surface area contributed by atoms with Gasteiger partial charge in [-0.05, 0) is 30.9 Å². The number of carbonyl (C=O) groups is 2. The number of amides is 1. The van der Waals surface area contributed by atoms with Crippen LogP contribution in [0.3, 0.4) is 0 Å². The molecule has 0 aromatic carbocycles. The average molecular weight is 278 g/mol. The van der Waals surface area contributed by atoms with Crippen LogP contribution in [0.15, 0.2) is 18.3 Å². The van der Waals surface area contributed by atoms with Gasteiger partial charge in [-0.2, -0.15) is 0 Å². The molecular weight excluding hydrogens is 256 g/mol. The van der Waals surface area contributed by atoms with Gasteiger partial charge in [0.25, 0.3) is 5.91 Å².